The van der Waals surface area contributed by atoms with Crippen molar-refractivity contribution in [3.05, 3.63) is 33.8 Å². The van der Waals surface area contributed by atoms with E-state index in [0.29, 0.717) is 16.5 Å². The average molecular weight is 217 g/mol. The maximum atomic E-state index is 5.95. The Labute approximate surface area is 87.3 Å². The van der Waals surface area contributed by atoms with Crippen molar-refractivity contribution in [3.63, 3.8) is 0 Å². The van der Waals surface area contributed by atoms with E-state index < -0.39 is 0 Å². The second kappa shape index (κ2) is 4.49. The molecule has 0 atom stereocenters. The first-order valence-corrected chi connectivity index (χ1v) is 4.57. The van der Waals surface area contributed by atoms with Crippen molar-refractivity contribution in [3.8, 4) is 0 Å². The van der Waals surface area contributed by atoms with Crippen LogP contribution in [0.3, 0.4) is 0 Å². The standard InChI is InChI=1S/C9H10Cl2N2/c1-6(13-12)5-7-8(10)3-2-4-9(7)11/h2-4H,5,12H2,1H3/b13-6-. The lowest BCUT2D eigenvalue weighted by Gasteiger charge is -2.05. The number of nitrogens with zero attached hydrogens (tertiary/aromatic N) is 1. The van der Waals surface area contributed by atoms with Crippen molar-refractivity contribution in [1.29, 1.82) is 0 Å². The van der Waals surface area contributed by atoms with Crippen molar-refractivity contribution < 1.29 is 0 Å². The quantitative estimate of drug-likeness (QED) is 0.461. The molecule has 4 heteroatoms. The molecule has 0 aliphatic carbocycles. The van der Waals surface area contributed by atoms with Crippen LogP contribution in [0, 0.1) is 0 Å². The van der Waals surface area contributed by atoms with E-state index in [4.69, 9.17) is 29.0 Å². The maximum absolute atomic E-state index is 5.95. The number of hydrogen-bond acceptors (Lipinski definition) is 2. The number of hydrazone groups is 1. The lowest BCUT2D eigenvalue weighted by atomic mass is 10.1. The van der Waals surface area contributed by atoms with Gasteiger partial charge in [-0.25, -0.2) is 0 Å². The predicted octanol–water partition coefficient (Wildman–Crippen LogP) is 2.87. The van der Waals surface area contributed by atoms with Gasteiger partial charge in [-0.2, -0.15) is 5.10 Å². The van der Waals surface area contributed by atoms with Gasteiger partial charge in [0.15, 0.2) is 0 Å². The number of hydrogen-bond donors (Lipinski definition) is 1. The van der Waals surface area contributed by atoms with Crippen LogP contribution < -0.4 is 5.84 Å². The Hall–Kier alpha value is -0.730. The van der Waals surface area contributed by atoms with Crippen LogP contribution in [0.1, 0.15) is 12.5 Å². The highest BCUT2D eigenvalue weighted by atomic mass is 35.5. The minimum absolute atomic E-state index is 0.592. The Balaban J connectivity index is 3.00. The van der Waals surface area contributed by atoms with Crippen molar-refractivity contribution in [2.24, 2.45) is 10.9 Å². The van der Waals surface area contributed by atoms with Crippen LogP contribution in [0.25, 0.3) is 0 Å². The van der Waals surface area contributed by atoms with Gasteiger partial charge in [0.2, 0.25) is 0 Å². The molecule has 1 aromatic rings. The summed E-state index contributed by atoms with van der Waals surface area (Å²) >= 11 is 11.9. The smallest absolute Gasteiger partial charge is 0.0456 e. The first-order valence-electron chi connectivity index (χ1n) is 3.81. The molecule has 2 nitrogen and oxygen atoms in total. The number of nitrogens with two attached hydrogens (primary N) is 1. The van der Waals surface area contributed by atoms with Crippen molar-refractivity contribution >= 4 is 28.9 Å². The molecule has 13 heavy (non-hydrogen) atoms. The Morgan fingerprint density at radius 3 is 2.38 bits per heavy atom. The Morgan fingerprint density at radius 2 is 1.92 bits per heavy atom. The molecule has 0 amide bonds. The lowest BCUT2D eigenvalue weighted by molar-refractivity contribution is 1.18. The zero-order chi connectivity index (χ0) is 9.84. The number of halogens is 2. The molecule has 0 aliphatic rings. The molecular weight excluding hydrogens is 207 g/mol. The highest BCUT2D eigenvalue weighted by Gasteiger charge is 2.05. The van der Waals surface area contributed by atoms with Gasteiger partial charge < -0.3 is 5.84 Å². The van der Waals surface area contributed by atoms with E-state index in [9.17, 15) is 0 Å². The van der Waals surface area contributed by atoms with Crippen molar-refractivity contribution in [2.75, 3.05) is 0 Å². The van der Waals surface area contributed by atoms with Gasteiger partial charge in [-0.1, -0.05) is 29.3 Å². The summed E-state index contributed by atoms with van der Waals surface area (Å²) in [7, 11) is 0. The van der Waals surface area contributed by atoms with Gasteiger partial charge in [0.1, 0.15) is 0 Å². The first-order chi connectivity index (χ1) is 6.15. The van der Waals surface area contributed by atoms with E-state index in [0.717, 1.165) is 11.3 Å². The Morgan fingerprint density at radius 1 is 1.38 bits per heavy atom. The van der Waals surface area contributed by atoms with Crippen LogP contribution in [0.4, 0.5) is 0 Å². The third-order valence-corrected chi connectivity index (χ3v) is 2.42. The maximum Gasteiger partial charge on any atom is 0.0456 e. The normalized spacial score (nSPS) is 11.8. The third kappa shape index (κ3) is 2.61. The van der Waals surface area contributed by atoms with Crippen LogP contribution in [0.2, 0.25) is 10.0 Å². The van der Waals surface area contributed by atoms with Crippen LogP contribution in [-0.2, 0) is 6.42 Å². The minimum Gasteiger partial charge on any atom is -0.323 e. The summed E-state index contributed by atoms with van der Waals surface area (Å²) in [6.45, 7) is 1.83. The Bertz CT molecular complexity index is 314. The minimum atomic E-state index is 0.592. The van der Waals surface area contributed by atoms with E-state index in [2.05, 4.69) is 5.10 Å². The monoisotopic (exact) mass is 216 g/mol. The van der Waals surface area contributed by atoms with Crippen LogP contribution >= 0.6 is 23.2 Å². The second-order valence-electron chi connectivity index (χ2n) is 2.74. The first kappa shape index (κ1) is 10.4. The predicted molar refractivity (Wildman–Crippen MR) is 57.5 cm³/mol. The molecule has 0 heterocycles. The lowest BCUT2D eigenvalue weighted by Crippen LogP contribution is -2.02. The molecule has 0 spiro atoms. The zero-order valence-corrected chi connectivity index (χ0v) is 8.73. The van der Waals surface area contributed by atoms with E-state index in [1.54, 1.807) is 12.1 Å². The van der Waals surface area contributed by atoms with Crippen LogP contribution in [-0.4, -0.2) is 5.71 Å². The van der Waals surface area contributed by atoms with E-state index in [1.807, 2.05) is 13.0 Å². The van der Waals surface area contributed by atoms with Crippen LogP contribution in [0.15, 0.2) is 23.3 Å². The van der Waals surface area contributed by atoms with Gasteiger partial charge in [-0.15, -0.1) is 0 Å². The molecule has 70 valence electrons. The molecule has 1 rings (SSSR count). The highest BCUT2D eigenvalue weighted by molar-refractivity contribution is 6.36. The van der Waals surface area contributed by atoms with Gasteiger partial charge in [0.05, 0.1) is 0 Å². The van der Waals surface area contributed by atoms with Crippen molar-refractivity contribution in [2.45, 2.75) is 13.3 Å². The summed E-state index contributed by atoms with van der Waals surface area (Å²) in [5.74, 6) is 5.12. The molecule has 0 aliphatic heterocycles. The van der Waals surface area contributed by atoms with Gasteiger partial charge in [-0.05, 0) is 24.6 Å². The van der Waals surface area contributed by atoms with E-state index >= 15 is 0 Å². The molecule has 0 bridgehead atoms. The van der Waals surface area contributed by atoms with Gasteiger partial charge in [-0.3, -0.25) is 0 Å². The summed E-state index contributed by atoms with van der Waals surface area (Å²) in [5, 5.41) is 4.86. The molecule has 0 aromatic heterocycles. The average Bonchev–Trinajstić information content (AvgIpc) is 2.11. The fourth-order valence-corrected chi connectivity index (χ4v) is 1.53. The number of benzene rings is 1. The van der Waals surface area contributed by atoms with Gasteiger partial charge in [0, 0.05) is 22.2 Å². The van der Waals surface area contributed by atoms with Crippen LogP contribution in [0.5, 0.6) is 0 Å². The molecule has 1 aromatic carbocycles. The topological polar surface area (TPSA) is 38.4 Å². The summed E-state index contributed by atoms with van der Waals surface area (Å²) in [6, 6.07) is 5.40. The fourth-order valence-electron chi connectivity index (χ4n) is 1.00. The Kier molecular flexibility index (Phi) is 3.58. The fraction of sp³-hybridized carbons (Fsp3) is 0.222. The largest absolute Gasteiger partial charge is 0.323 e. The van der Waals surface area contributed by atoms with Gasteiger partial charge >= 0.3 is 0 Å². The molecule has 0 saturated carbocycles. The summed E-state index contributed by atoms with van der Waals surface area (Å²) < 4.78 is 0. The highest BCUT2D eigenvalue weighted by Crippen LogP contribution is 2.24. The van der Waals surface area contributed by atoms with E-state index in [-0.39, 0.29) is 0 Å². The summed E-state index contributed by atoms with van der Waals surface area (Å²) in [4.78, 5) is 0. The molecule has 0 saturated heterocycles. The summed E-state index contributed by atoms with van der Waals surface area (Å²) in [6.07, 6.45) is 0.592. The SMILES string of the molecule is C/C(Cc1c(Cl)cccc1Cl)=N/N. The van der Waals surface area contributed by atoms with Gasteiger partial charge in [0.25, 0.3) is 0 Å². The molecule has 0 radical (unpaired) electrons. The third-order valence-electron chi connectivity index (χ3n) is 1.71. The zero-order valence-electron chi connectivity index (χ0n) is 7.22. The molecule has 0 unspecified atom stereocenters. The molecular formula is C9H10Cl2N2. The molecule has 2 N–H and O–H groups in total. The summed E-state index contributed by atoms with van der Waals surface area (Å²) in [5.41, 5.74) is 1.67. The van der Waals surface area contributed by atoms with Crippen molar-refractivity contribution in [1.82, 2.24) is 0 Å². The number of rotatable bonds is 2. The van der Waals surface area contributed by atoms with E-state index in [1.165, 1.54) is 0 Å². The second-order valence-corrected chi connectivity index (χ2v) is 3.56. The molecule has 0 fully saturated rings.